The van der Waals surface area contributed by atoms with Gasteiger partial charge in [0.15, 0.2) is 0 Å². The van der Waals surface area contributed by atoms with Crippen LogP contribution >= 0.6 is 0 Å². The summed E-state index contributed by atoms with van der Waals surface area (Å²) in [6, 6.07) is 0. The van der Waals surface area contributed by atoms with Gasteiger partial charge < -0.3 is 29.2 Å². The van der Waals surface area contributed by atoms with Gasteiger partial charge in [-0.2, -0.15) is 0 Å². The van der Waals surface area contributed by atoms with E-state index < -0.39 is 42.3 Å². The van der Waals surface area contributed by atoms with Crippen molar-refractivity contribution in [2.45, 2.75) is 138 Å². The predicted molar refractivity (Wildman–Crippen MR) is 180 cm³/mol. The lowest BCUT2D eigenvalue weighted by Crippen LogP contribution is -2.65. The molecule has 0 radical (unpaired) electrons. The Morgan fingerprint density at radius 2 is 1.67 bits per heavy atom. The number of aliphatic hydroxyl groups is 2. The van der Waals surface area contributed by atoms with Gasteiger partial charge in [-0.15, -0.1) is 0 Å². The molecule has 9 nitrogen and oxygen atoms in total. The van der Waals surface area contributed by atoms with Crippen molar-refractivity contribution in [2.24, 2.45) is 45.3 Å². The zero-order chi connectivity index (χ0) is 35.2. The molecule has 1 heterocycles. The second kappa shape index (κ2) is 13.8. The van der Waals surface area contributed by atoms with Crippen LogP contribution in [0.5, 0.6) is 0 Å². The lowest BCUT2D eigenvalue weighted by atomic mass is 9.36. The van der Waals surface area contributed by atoms with Crippen molar-refractivity contribution in [2.75, 3.05) is 20.0 Å². The molecule has 0 amide bonds. The van der Waals surface area contributed by atoms with Crippen molar-refractivity contribution in [3.05, 3.63) is 22.8 Å². The number of carbonyl (C=O) groups is 3. The van der Waals surface area contributed by atoms with Gasteiger partial charge in [0.2, 0.25) is 6.79 Å². The maximum absolute atomic E-state index is 14.1. The molecule has 2 N–H and O–H groups in total. The van der Waals surface area contributed by atoms with E-state index in [9.17, 15) is 24.6 Å². The second-order valence-electron chi connectivity index (χ2n) is 17.3. The molecule has 9 heteroatoms. The number of fused-ring (bicyclic) bond motifs is 5. The highest BCUT2D eigenvalue weighted by Crippen LogP contribution is 2.74. The highest BCUT2D eigenvalue weighted by molar-refractivity contribution is 5.90. The first kappa shape index (κ1) is 37.0. The van der Waals surface area contributed by atoms with Crippen LogP contribution in [0.1, 0.15) is 120 Å². The number of rotatable bonds is 7. The molecule has 10 atom stereocenters. The molecule has 5 aliphatic rings. The third-order valence-electron chi connectivity index (χ3n) is 13.6. The highest BCUT2D eigenvalue weighted by Gasteiger charge is 2.70. The summed E-state index contributed by atoms with van der Waals surface area (Å²) < 4.78 is 22.6. The minimum absolute atomic E-state index is 0.00254. The van der Waals surface area contributed by atoms with Gasteiger partial charge in [-0.05, 0) is 130 Å². The average Bonchev–Trinajstić information content (AvgIpc) is 3.28. The van der Waals surface area contributed by atoms with Gasteiger partial charge in [-0.1, -0.05) is 39.3 Å². The zero-order valence-electron chi connectivity index (χ0n) is 30.6. The van der Waals surface area contributed by atoms with Crippen molar-refractivity contribution in [3.8, 4) is 0 Å². The number of hydrogen-bond acceptors (Lipinski definition) is 9. The molecule has 1 aliphatic heterocycles. The molecule has 270 valence electrons. The summed E-state index contributed by atoms with van der Waals surface area (Å²) in [6.07, 6.45) is 7.74. The Labute approximate surface area is 287 Å². The summed E-state index contributed by atoms with van der Waals surface area (Å²) >= 11 is 0. The molecule has 0 aromatic carbocycles. The van der Waals surface area contributed by atoms with Crippen molar-refractivity contribution in [1.29, 1.82) is 0 Å². The number of ether oxygens (including phenoxy) is 4. The van der Waals surface area contributed by atoms with Gasteiger partial charge in [0.05, 0.1) is 30.8 Å². The molecular formula is C39H60O9. The predicted octanol–water partition coefficient (Wildman–Crippen LogP) is 6.44. The number of carbonyl (C=O) groups excluding carboxylic acids is 3. The Morgan fingerprint density at radius 3 is 2.31 bits per heavy atom. The fourth-order valence-electron chi connectivity index (χ4n) is 11.0. The van der Waals surface area contributed by atoms with E-state index in [2.05, 4.69) is 33.8 Å². The van der Waals surface area contributed by atoms with Gasteiger partial charge in [0.25, 0.3) is 0 Å². The maximum atomic E-state index is 14.1. The van der Waals surface area contributed by atoms with E-state index in [0.29, 0.717) is 50.4 Å². The summed E-state index contributed by atoms with van der Waals surface area (Å²) in [7, 11) is 0. The smallest absolute Gasteiger partial charge is 0.336 e. The van der Waals surface area contributed by atoms with Crippen molar-refractivity contribution in [1.82, 2.24) is 0 Å². The Morgan fingerprint density at radius 1 is 0.979 bits per heavy atom. The van der Waals surface area contributed by atoms with Crippen LogP contribution in [0.15, 0.2) is 22.8 Å². The van der Waals surface area contributed by atoms with Crippen molar-refractivity contribution < 1.29 is 43.5 Å². The maximum Gasteiger partial charge on any atom is 0.336 e. The molecule has 4 aliphatic carbocycles. The zero-order valence-corrected chi connectivity index (χ0v) is 30.6. The van der Waals surface area contributed by atoms with Crippen molar-refractivity contribution >= 4 is 17.9 Å². The molecule has 0 bridgehead atoms. The van der Waals surface area contributed by atoms with Crippen LogP contribution in [0.2, 0.25) is 0 Å². The monoisotopic (exact) mass is 672 g/mol. The lowest BCUT2D eigenvalue weighted by Gasteiger charge is -2.69. The van der Waals surface area contributed by atoms with E-state index >= 15 is 0 Å². The first-order valence-corrected chi connectivity index (χ1v) is 18.3. The van der Waals surface area contributed by atoms with Crippen LogP contribution in [0.4, 0.5) is 0 Å². The fraction of sp³-hybridized carbons (Fsp3) is 0.821. The lowest BCUT2D eigenvalue weighted by molar-refractivity contribution is -0.234. The van der Waals surface area contributed by atoms with E-state index in [1.54, 1.807) is 20.8 Å². The van der Waals surface area contributed by atoms with Gasteiger partial charge >= 0.3 is 17.9 Å². The number of esters is 3. The molecule has 4 saturated carbocycles. The number of hydrogen-bond donors (Lipinski definition) is 2. The quantitative estimate of drug-likeness (QED) is 0.136. The molecule has 5 rings (SSSR count). The summed E-state index contributed by atoms with van der Waals surface area (Å²) in [4.78, 5) is 39.1. The third kappa shape index (κ3) is 6.64. The van der Waals surface area contributed by atoms with Crippen LogP contribution in [-0.4, -0.2) is 66.4 Å². The van der Waals surface area contributed by atoms with E-state index in [1.165, 1.54) is 12.5 Å². The normalized spacial score (nSPS) is 40.5. The molecule has 48 heavy (non-hydrogen) atoms. The molecule has 0 aromatic heterocycles. The summed E-state index contributed by atoms with van der Waals surface area (Å²) in [5.41, 5.74) is 0.944. The standard InChI is InChI=1S/C39H60O9/c1-23-27-12-17-38(7)33(37(27,6)16-13-29(23)41)30(42)20-28-32(31(48-24(2)40)21-39(28,38)8)26(11-9-10-25-14-18-45-19-15-25)34(43)46-22-47-35(44)36(3,4)5/h10,23,27-31,33,41-42H,9,11-22H2,1-8H3/b32-26-/t23-,27-,28-,29+,30+,31-,33-,37-,38-,39-/m0/s1. The Bertz CT molecular complexity index is 1300. The van der Waals surface area contributed by atoms with Crippen LogP contribution in [-0.2, 0) is 33.3 Å². The Balaban J connectivity index is 1.54. The summed E-state index contributed by atoms with van der Waals surface area (Å²) in [5.74, 6) is -1.19. The van der Waals surface area contributed by atoms with Crippen LogP contribution in [0, 0.1) is 45.3 Å². The van der Waals surface area contributed by atoms with Gasteiger partial charge in [-0.25, -0.2) is 4.79 Å². The molecule has 5 fully saturated rings. The first-order chi connectivity index (χ1) is 22.4. The molecule has 0 spiro atoms. The average molecular weight is 673 g/mol. The number of allylic oxidation sites excluding steroid dienone is 1. The first-order valence-electron chi connectivity index (χ1n) is 18.3. The molecule has 0 unspecified atom stereocenters. The molecule has 0 aromatic rings. The fourth-order valence-corrected chi connectivity index (χ4v) is 11.0. The topological polar surface area (TPSA) is 129 Å². The second-order valence-corrected chi connectivity index (χ2v) is 17.3. The van der Waals surface area contributed by atoms with Crippen LogP contribution in [0.25, 0.3) is 0 Å². The summed E-state index contributed by atoms with van der Waals surface area (Å²) in [5, 5.41) is 23.0. The van der Waals surface area contributed by atoms with Gasteiger partial charge in [0, 0.05) is 12.5 Å². The SMILES string of the molecule is CC(=O)O[C@H]1C[C@@]2(C)[C@@H](C[C@@H](O)[C@H]3[C@@]4(C)CC[C@@H](O)[C@@H](C)[C@@H]4CC[C@@]32C)/C1=C(\CCC=C1CCOCC1)C(=O)OCOC(=O)C(C)(C)C. The minimum atomic E-state index is -0.745. The highest BCUT2D eigenvalue weighted by atomic mass is 16.7. The van der Waals surface area contributed by atoms with Crippen LogP contribution in [0.3, 0.4) is 0 Å². The Hall–Kier alpha value is -2.23. The van der Waals surface area contributed by atoms with E-state index in [4.69, 9.17) is 18.9 Å². The minimum Gasteiger partial charge on any atom is -0.458 e. The largest absolute Gasteiger partial charge is 0.458 e. The molecular weight excluding hydrogens is 612 g/mol. The Kier molecular flexibility index (Phi) is 10.7. The van der Waals surface area contributed by atoms with Crippen LogP contribution < -0.4 is 0 Å². The van der Waals surface area contributed by atoms with Crippen molar-refractivity contribution in [3.63, 3.8) is 0 Å². The van der Waals surface area contributed by atoms with E-state index in [0.717, 1.165) is 44.1 Å². The summed E-state index contributed by atoms with van der Waals surface area (Å²) in [6.45, 7) is 16.6. The molecule has 1 saturated heterocycles. The third-order valence-corrected chi connectivity index (χ3v) is 13.6. The van der Waals surface area contributed by atoms with Gasteiger partial charge in [0.1, 0.15) is 6.10 Å². The van der Waals surface area contributed by atoms with E-state index in [1.807, 2.05) is 0 Å². The van der Waals surface area contributed by atoms with E-state index in [-0.39, 0.29) is 40.1 Å². The number of aliphatic hydroxyl groups excluding tert-OH is 2. The van der Waals surface area contributed by atoms with Gasteiger partial charge in [-0.3, -0.25) is 9.59 Å².